The van der Waals surface area contributed by atoms with Gasteiger partial charge >= 0.3 is 0 Å². The van der Waals surface area contributed by atoms with E-state index in [9.17, 15) is 20.4 Å². The molecule has 194 valence electrons. The molecule has 5 aliphatic rings. The molecule has 0 bridgehead atoms. The van der Waals surface area contributed by atoms with Gasteiger partial charge in [0.25, 0.3) is 0 Å². The Bertz CT molecular complexity index is 881. The minimum Gasteiger partial charge on any atom is -0.396 e. The van der Waals surface area contributed by atoms with Crippen LogP contribution in [0.25, 0.3) is 0 Å². The summed E-state index contributed by atoms with van der Waals surface area (Å²) in [6.07, 6.45) is 8.79. The Labute approximate surface area is 207 Å². The van der Waals surface area contributed by atoms with Crippen LogP contribution in [0, 0.1) is 50.2 Å². The second-order valence-corrected chi connectivity index (χ2v) is 15.2. The van der Waals surface area contributed by atoms with Crippen LogP contribution in [-0.2, 0) is 0 Å². The standard InChI is InChI=1S/C30H50O4/c1-25(2)16-19-18-8-9-21-27(4)12-11-22(32)28(5,17-31)20(27)10-13-30(21,7)29(18,6)15-14-26(19,3)24(34)23(25)33/h8,19-24,31-34H,9-17H2,1-7H3/t19-,20-,21-,22+,23+,24+,26+,27-,28-,29-,30+/m1/s1. The molecule has 11 atom stereocenters. The third-order valence-corrected chi connectivity index (χ3v) is 13.5. The fourth-order valence-corrected chi connectivity index (χ4v) is 10.7. The molecule has 4 nitrogen and oxygen atoms in total. The zero-order chi connectivity index (χ0) is 25.1. The van der Waals surface area contributed by atoms with E-state index in [1.54, 1.807) is 5.57 Å². The summed E-state index contributed by atoms with van der Waals surface area (Å²) in [5.74, 6) is 1.17. The van der Waals surface area contributed by atoms with Crippen LogP contribution in [0.2, 0.25) is 0 Å². The van der Waals surface area contributed by atoms with Gasteiger partial charge in [-0.05, 0) is 90.8 Å². The van der Waals surface area contributed by atoms with Crippen molar-refractivity contribution in [1.82, 2.24) is 0 Å². The first kappa shape index (κ1) is 25.2. The Morgan fingerprint density at radius 2 is 1.47 bits per heavy atom. The van der Waals surface area contributed by atoms with E-state index in [0.717, 1.165) is 51.4 Å². The first-order valence-corrected chi connectivity index (χ1v) is 14.0. The summed E-state index contributed by atoms with van der Waals surface area (Å²) < 4.78 is 0. The van der Waals surface area contributed by atoms with E-state index in [1.807, 2.05) is 0 Å². The lowest BCUT2D eigenvalue weighted by atomic mass is 9.33. The highest BCUT2D eigenvalue weighted by Gasteiger charge is 2.69. The quantitative estimate of drug-likeness (QED) is 0.399. The monoisotopic (exact) mass is 474 g/mol. The predicted molar refractivity (Wildman–Crippen MR) is 135 cm³/mol. The molecule has 0 heterocycles. The molecule has 5 aliphatic carbocycles. The SMILES string of the molecule is CC1(C)C[C@@H]2C3=CC[C@@H]4[C@]5(C)CC[C@H](O)[C@](C)(CO)[C@@H]5CC[C@]4(C)[C@]3(C)CC[C@]2(C)[C@@H](O)[C@@H]1O. The van der Waals surface area contributed by atoms with Crippen LogP contribution in [0.3, 0.4) is 0 Å². The van der Waals surface area contributed by atoms with Gasteiger partial charge in [0.15, 0.2) is 0 Å². The predicted octanol–water partition coefficient (Wildman–Crippen LogP) is 5.08. The third-order valence-electron chi connectivity index (χ3n) is 13.5. The van der Waals surface area contributed by atoms with Gasteiger partial charge in [-0.15, -0.1) is 0 Å². The van der Waals surface area contributed by atoms with Crippen molar-refractivity contribution in [1.29, 1.82) is 0 Å². The van der Waals surface area contributed by atoms with E-state index in [4.69, 9.17) is 0 Å². The summed E-state index contributed by atoms with van der Waals surface area (Å²) in [6.45, 7) is 16.2. The average molecular weight is 475 g/mol. The third kappa shape index (κ3) is 2.81. The van der Waals surface area contributed by atoms with Crippen molar-refractivity contribution in [3.05, 3.63) is 11.6 Å². The fraction of sp³-hybridized carbons (Fsp3) is 0.933. The van der Waals surface area contributed by atoms with Gasteiger partial charge in [0.05, 0.1) is 24.9 Å². The van der Waals surface area contributed by atoms with E-state index in [2.05, 4.69) is 54.5 Å². The summed E-state index contributed by atoms with van der Waals surface area (Å²) in [6, 6.07) is 0. The Balaban J connectivity index is 1.58. The molecule has 0 aromatic heterocycles. The molecule has 0 spiro atoms. The van der Waals surface area contributed by atoms with Crippen molar-refractivity contribution in [2.24, 2.45) is 50.2 Å². The van der Waals surface area contributed by atoms with Gasteiger partial charge in [-0.25, -0.2) is 0 Å². The van der Waals surface area contributed by atoms with Gasteiger partial charge in [0, 0.05) is 10.8 Å². The van der Waals surface area contributed by atoms with E-state index < -0.39 is 23.7 Å². The topological polar surface area (TPSA) is 80.9 Å². The number of rotatable bonds is 1. The zero-order valence-corrected chi connectivity index (χ0v) is 22.7. The maximum atomic E-state index is 11.3. The van der Waals surface area contributed by atoms with Gasteiger partial charge in [0.1, 0.15) is 0 Å². The molecule has 4 fully saturated rings. The maximum Gasteiger partial charge on any atom is 0.0863 e. The lowest BCUT2D eigenvalue weighted by Gasteiger charge is -2.72. The minimum absolute atomic E-state index is 0.0614. The Morgan fingerprint density at radius 3 is 2.12 bits per heavy atom. The van der Waals surface area contributed by atoms with E-state index in [0.29, 0.717) is 17.8 Å². The van der Waals surface area contributed by atoms with E-state index >= 15 is 0 Å². The van der Waals surface area contributed by atoms with Crippen LogP contribution < -0.4 is 0 Å². The number of fused-ring (bicyclic) bond motifs is 7. The van der Waals surface area contributed by atoms with Crippen LogP contribution in [0.1, 0.15) is 99.8 Å². The summed E-state index contributed by atoms with van der Waals surface area (Å²) in [4.78, 5) is 0. The molecule has 0 aliphatic heterocycles. The summed E-state index contributed by atoms with van der Waals surface area (Å²) in [7, 11) is 0. The molecule has 0 saturated heterocycles. The Hall–Kier alpha value is -0.420. The Morgan fingerprint density at radius 1 is 0.794 bits per heavy atom. The zero-order valence-electron chi connectivity index (χ0n) is 22.7. The number of allylic oxidation sites excluding steroid dienone is 2. The fourth-order valence-electron chi connectivity index (χ4n) is 10.7. The first-order valence-electron chi connectivity index (χ1n) is 14.0. The van der Waals surface area contributed by atoms with Gasteiger partial charge in [-0.1, -0.05) is 60.1 Å². The van der Waals surface area contributed by atoms with Gasteiger partial charge < -0.3 is 20.4 Å². The van der Waals surface area contributed by atoms with Crippen molar-refractivity contribution < 1.29 is 20.4 Å². The molecule has 0 radical (unpaired) electrons. The second-order valence-electron chi connectivity index (χ2n) is 15.2. The average Bonchev–Trinajstić information content (AvgIpc) is 2.77. The maximum absolute atomic E-state index is 11.3. The lowest BCUT2D eigenvalue weighted by Crippen LogP contribution is -2.67. The van der Waals surface area contributed by atoms with Gasteiger partial charge in [-0.3, -0.25) is 0 Å². The molecule has 4 heteroatoms. The van der Waals surface area contributed by atoms with Crippen LogP contribution in [-0.4, -0.2) is 45.3 Å². The molecule has 4 saturated carbocycles. The molecule has 5 rings (SSSR count). The molecule has 0 aromatic rings. The molecule has 0 aromatic carbocycles. The first-order chi connectivity index (χ1) is 15.6. The van der Waals surface area contributed by atoms with Crippen LogP contribution >= 0.6 is 0 Å². The smallest absolute Gasteiger partial charge is 0.0863 e. The molecule has 0 unspecified atom stereocenters. The Kier molecular flexibility index (Phi) is 5.44. The second kappa shape index (κ2) is 7.33. The highest BCUT2D eigenvalue weighted by atomic mass is 16.3. The van der Waals surface area contributed by atoms with E-state index in [1.165, 1.54) is 0 Å². The van der Waals surface area contributed by atoms with Gasteiger partial charge in [0.2, 0.25) is 0 Å². The van der Waals surface area contributed by atoms with E-state index in [-0.39, 0.29) is 33.7 Å². The van der Waals surface area contributed by atoms with Crippen LogP contribution in [0.15, 0.2) is 11.6 Å². The van der Waals surface area contributed by atoms with Crippen LogP contribution in [0.4, 0.5) is 0 Å². The number of aliphatic hydroxyl groups excluding tert-OH is 4. The van der Waals surface area contributed by atoms with Gasteiger partial charge in [-0.2, -0.15) is 0 Å². The molecular weight excluding hydrogens is 424 g/mol. The van der Waals surface area contributed by atoms with Crippen molar-refractivity contribution in [3.63, 3.8) is 0 Å². The van der Waals surface area contributed by atoms with Crippen molar-refractivity contribution in [2.75, 3.05) is 6.61 Å². The molecule has 0 amide bonds. The van der Waals surface area contributed by atoms with Crippen molar-refractivity contribution in [3.8, 4) is 0 Å². The normalized spacial score (nSPS) is 58.6. The summed E-state index contributed by atoms with van der Waals surface area (Å²) in [5.41, 5.74) is 0.920. The largest absolute Gasteiger partial charge is 0.396 e. The number of hydrogen-bond donors (Lipinski definition) is 4. The number of aliphatic hydroxyl groups is 4. The highest BCUT2D eigenvalue weighted by molar-refractivity contribution is 5.34. The van der Waals surface area contributed by atoms with Crippen molar-refractivity contribution in [2.45, 2.75) is 118 Å². The number of hydrogen-bond acceptors (Lipinski definition) is 4. The highest BCUT2D eigenvalue weighted by Crippen LogP contribution is 2.75. The molecular formula is C30H50O4. The molecule has 34 heavy (non-hydrogen) atoms. The summed E-state index contributed by atoms with van der Waals surface area (Å²) >= 11 is 0. The summed E-state index contributed by atoms with van der Waals surface area (Å²) in [5, 5.41) is 43.6. The van der Waals surface area contributed by atoms with Crippen LogP contribution in [0.5, 0.6) is 0 Å². The van der Waals surface area contributed by atoms with Crippen molar-refractivity contribution >= 4 is 0 Å². The molecule has 4 N–H and O–H groups in total. The minimum atomic E-state index is -0.685. The lowest BCUT2D eigenvalue weighted by molar-refractivity contribution is -0.225.